The topological polar surface area (TPSA) is 49.8 Å². The van der Waals surface area contributed by atoms with Crippen molar-refractivity contribution >= 4 is 40.0 Å². The quantitative estimate of drug-likeness (QED) is 0.510. The largest absolute Gasteiger partial charge is 0.352 e. The van der Waals surface area contributed by atoms with Gasteiger partial charge in [0.1, 0.15) is 11.6 Å². The van der Waals surface area contributed by atoms with E-state index in [9.17, 15) is 4.39 Å². The van der Waals surface area contributed by atoms with Crippen LogP contribution in [0.4, 0.5) is 21.8 Å². The summed E-state index contributed by atoms with van der Waals surface area (Å²) < 4.78 is 15.0. The average molecular weight is 448 g/mol. The Bertz CT molecular complexity index is 869. The summed E-state index contributed by atoms with van der Waals surface area (Å²) in [6.07, 6.45) is 0. The van der Waals surface area contributed by atoms with Gasteiger partial charge >= 0.3 is 0 Å². The van der Waals surface area contributed by atoms with E-state index in [1.165, 1.54) is 6.07 Å². The zero-order valence-corrected chi connectivity index (χ0v) is 16.1. The van der Waals surface area contributed by atoms with E-state index in [4.69, 9.17) is 0 Å². The van der Waals surface area contributed by atoms with E-state index in [-0.39, 0.29) is 11.9 Å². The Balaban J connectivity index is 2.00. The molecule has 1 heterocycles. The van der Waals surface area contributed by atoms with Gasteiger partial charge in [0.05, 0.1) is 11.4 Å². The fourth-order valence-electron chi connectivity index (χ4n) is 2.32. The van der Waals surface area contributed by atoms with Gasteiger partial charge in [-0.15, -0.1) is 0 Å². The fourth-order valence-corrected chi connectivity index (χ4v) is 2.77. The van der Waals surface area contributed by atoms with E-state index >= 15 is 0 Å². The minimum Gasteiger partial charge on any atom is -0.352 e. The number of aromatic nitrogens is 2. The molecule has 3 rings (SSSR count). The van der Waals surface area contributed by atoms with Crippen molar-refractivity contribution in [3.63, 3.8) is 0 Å². The molecule has 0 atom stereocenters. The fraction of sp³-hybridized carbons (Fsp3) is 0.158. The van der Waals surface area contributed by atoms with E-state index in [0.29, 0.717) is 17.5 Å². The SMILES string of the molecule is CC(C)Nc1nc(Nc2ccc(I)cc2F)cc(-c2ccccc2)n1. The van der Waals surface area contributed by atoms with E-state index < -0.39 is 0 Å². The lowest BCUT2D eigenvalue weighted by molar-refractivity contribution is 0.631. The summed E-state index contributed by atoms with van der Waals surface area (Å²) in [6, 6.07) is 16.9. The molecule has 0 saturated carbocycles. The Morgan fingerprint density at radius 2 is 1.76 bits per heavy atom. The van der Waals surface area contributed by atoms with Crippen LogP contribution >= 0.6 is 22.6 Å². The van der Waals surface area contributed by atoms with Crippen molar-refractivity contribution in [2.45, 2.75) is 19.9 Å². The Morgan fingerprint density at radius 3 is 2.44 bits per heavy atom. The molecule has 0 radical (unpaired) electrons. The summed E-state index contributed by atoms with van der Waals surface area (Å²) in [4.78, 5) is 9.02. The van der Waals surface area contributed by atoms with E-state index in [1.54, 1.807) is 6.07 Å². The zero-order chi connectivity index (χ0) is 17.8. The van der Waals surface area contributed by atoms with Gasteiger partial charge in [0.2, 0.25) is 5.95 Å². The van der Waals surface area contributed by atoms with Crippen molar-refractivity contribution < 1.29 is 4.39 Å². The normalized spacial score (nSPS) is 10.8. The molecule has 4 nitrogen and oxygen atoms in total. The Hall–Kier alpha value is -2.22. The lowest BCUT2D eigenvalue weighted by atomic mass is 10.1. The van der Waals surface area contributed by atoms with Gasteiger partial charge in [-0.25, -0.2) is 9.37 Å². The second-order valence-corrected chi connectivity index (χ2v) is 7.12. The molecule has 128 valence electrons. The van der Waals surface area contributed by atoms with Gasteiger partial charge in [-0.05, 0) is 54.6 Å². The first-order chi connectivity index (χ1) is 12.0. The molecule has 0 spiro atoms. The minimum atomic E-state index is -0.315. The van der Waals surface area contributed by atoms with Gasteiger partial charge in [0.15, 0.2) is 0 Å². The van der Waals surface area contributed by atoms with Gasteiger partial charge in [0.25, 0.3) is 0 Å². The third-order valence-electron chi connectivity index (χ3n) is 3.41. The molecule has 2 aromatic carbocycles. The molecule has 0 amide bonds. The number of benzene rings is 2. The molecular formula is C19H18FIN4. The maximum absolute atomic E-state index is 14.1. The molecular weight excluding hydrogens is 430 g/mol. The first kappa shape index (κ1) is 17.6. The Labute approximate surface area is 160 Å². The highest BCUT2D eigenvalue weighted by atomic mass is 127. The maximum Gasteiger partial charge on any atom is 0.225 e. The molecule has 6 heteroatoms. The van der Waals surface area contributed by atoms with Crippen LogP contribution in [0.15, 0.2) is 54.6 Å². The Morgan fingerprint density at radius 1 is 1.00 bits per heavy atom. The maximum atomic E-state index is 14.1. The predicted molar refractivity (Wildman–Crippen MR) is 109 cm³/mol. The molecule has 0 fully saturated rings. The highest BCUT2D eigenvalue weighted by molar-refractivity contribution is 14.1. The van der Waals surface area contributed by atoms with Crippen LogP contribution in [0.2, 0.25) is 0 Å². The molecule has 0 saturated heterocycles. The van der Waals surface area contributed by atoms with E-state index in [0.717, 1.165) is 14.8 Å². The number of halogens is 2. The third kappa shape index (κ3) is 4.66. The van der Waals surface area contributed by atoms with Crippen molar-refractivity contribution in [3.8, 4) is 11.3 Å². The third-order valence-corrected chi connectivity index (χ3v) is 4.08. The van der Waals surface area contributed by atoms with Gasteiger partial charge < -0.3 is 10.6 Å². The standard InChI is InChI=1S/C19H18FIN4/c1-12(2)22-19-24-17(13-6-4-3-5-7-13)11-18(25-19)23-16-9-8-14(21)10-15(16)20/h3-12H,1-2H3,(H2,22,23,24,25). The van der Waals surface area contributed by atoms with E-state index in [2.05, 4.69) is 43.2 Å². The van der Waals surface area contributed by atoms with Gasteiger partial charge in [-0.1, -0.05) is 30.3 Å². The van der Waals surface area contributed by atoms with Crippen molar-refractivity contribution in [2.24, 2.45) is 0 Å². The summed E-state index contributed by atoms with van der Waals surface area (Å²) in [7, 11) is 0. The molecule has 0 aliphatic rings. The van der Waals surface area contributed by atoms with E-state index in [1.807, 2.05) is 56.3 Å². The molecule has 1 aromatic heterocycles. The minimum absolute atomic E-state index is 0.189. The van der Waals surface area contributed by atoms with Crippen LogP contribution in [0, 0.1) is 9.39 Å². The van der Waals surface area contributed by atoms with Crippen LogP contribution in [0.5, 0.6) is 0 Å². The van der Waals surface area contributed by atoms with Crippen LogP contribution in [-0.4, -0.2) is 16.0 Å². The zero-order valence-electron chi connectivity index (χ0n) is 13.9. The first-order valence-corrected chi connectivity index (χ1v) is 9.02. The highest BCUT2D eigenvalue weighted by Gasteiger charge is 2.10. The van der Waals surface area contributed by atoms with Crippen LogP contribution < -0.4 is 10.6 Å². The van der Waals surface area contributed by atoms with Crippen LogP contribution in [-0.2, 0) is 0 Å². The number of hydrogen-bond donors (Lipinski definition) is 2. The summed E-state index contributed by atoms with van der Waals surface area (Å²) in [6.45, 7) is 4.04. The van der Waals surface area contributed by atoms with Crippen molar-refractivity contribution in [1.29, 1.82) is 0 Å². The van der Waals surface area contributed by atoms with Gasteiger partial charge in [-0.3, -0.25) is 0 Å². The summed E-state index contributed by atoms with van der Waals surface area (Å²) in [5.41, 5.74) is 2.13. The average Bonchev–Trinajstić information content (AvgIpc) is 2.57. The monoisotopic (exact) mass is 448 g/mol. The first-order valence-electron chi connectivity index (χ1n) is 7.94. The van der Waals surface area contributed by atoms with Crippen LogP contribution in [0.1, 0.15) is 13.8 Å². The smallest absolute Gasteiger partial charge is 0.225 e. The Kier molecular flexibility index (Phi) is 5.47. The molecule has 3 aromatic rings. The predicted octanol–water partition coefficient (Wildman–Crippen LogP) is 5.45. The molecule has 0 bridgehead atoms. The summed E-state index contributed by atoms with van der Waals surface area (Å²) >= 11 is 2.08. The lowest BCUT2D eigenvalue weighted by Crippen LogP contribution is -2.13. The second kappa shape index (κ2) is 7.77. The molecule has 25 heavy (non-hydrogen) atoms. The number of nitrogens with zero attached hydrogens (tertiary/aromatic N) is 2. The second-order valence-electron chi connectivity index (χ2n) is 5.88. The molecule has 0 aliphatic heterocycles. The summed E-state index contributed by atoms with van der Waals surface area (Å²) in [5, 5.41) is 6.26. The number of nitrogens with one attached hydrogen (secondary N) is 2. The van der Waals surface area contributed by atoms with Crippen molar-refractivity contribution in [3.05, 3.63) is 64.0 Å². The number of hydrogen-bond acceptors (Lipinski definition) is 4. The van der Waals surface area contributed by atoms with Crippen molar-refractivity contribution in [1.82, 2.24) is 9.97 Å². The number of anilines is 3. The van der Waals surface area contributed by atoms with Crippen LogP contribution in [0.3, 0.4) is 0 Å². The van der Waals surface area contributed by atoms with Gasteiger partial charge in [-0.2, -0.15) is 4.98 Å². The molecule has 0 unspecified atom stereocenters. The van der Waals surface area contributed by atoms with Gasteiger partial charge in [0, 0.05) is 21.2 Å². The lowest BCUT2D eigenvalue weighted by Gasteiger charge is -2.13. The summed E-state index contributed by atoms with van der Waals surface area (Å²) in [5.74, 6) is 0.729. The molecule has 2 N–H and O–H groups in total. The number of rotatable bonds is 5. The highest BCUT2D eigenvalue weighted by Crippen LogP contribution is 2.25. The van der Waals surface area contributed by atoms with Crippen molar-refractivity contribution in [2.75, 3.05) is 10.6 Å². The molecule has 0 aliphatic carbocycles. The van der Waals surface area contributed by atoms with Crippen LogP contribution in [0.25, 0.3) is 11.3 Å².